The minimum atomic E-state index is -0.458. The average Bonchev–Trinajstić information content (AvgIpc) is 2.55. The average molecular weight is 337 g/mol. The van der Waals surface area contributed by atoms with E-state index in [1.54, 1.807) is 18.2 Å². The first kappa shape index (κ1) is 16.2. The molecule has 1 fully saturated rings. The first-order valence-electron chi connectivity index (χ1n) is 7.56. The number of nitrogens with zero attached hydrogens (tertiary/aromatic N) is 1. The predicted molar refractivity (Wildman–Crippen MR) is 86.2 cm³/mol. The van der Waals surface area contributed by atoms with Crippen LogP contribution in [0.4, 0.5) is 4.39 Å². The first-order chi connectivity index (χ1) is 11.1. The molecule has 2 heterocycles. The number of nitrogens with one attached hydrogen (secondary N) is 1. The van der Waals surface area contributed by atoms with E-state index in [0.29, 0.717) is 23.0 Å². The van der Waals surface area contributed by atoms with Gasteiger partial charge in [0.05, 0.1) is 11.8 Å². The molecule has 1 aromatic heterocycles. The second-order valence-corrected chi connectivity index (χ2v) is 6.03. The van der Waals surface area contributed by atoms with E-state index in [1.807, 2.05) is 12.1 Å². The topological polar surface area (TPSA) is 54.4 Å². The van der Waals surface area contributed by atoms with E-state index in [4.69, 9.17) is 16.3 Å². The Morgan fingerprint density at radius 3 is 3.00 bits per heavy atom. The van der Waals surface area contributed by atoms with E-state index in [9.17, 15) is 9.50 Å². The van der Waals surface area contributed by atoms with Gasteiger partial charge in [0, 0.05) is 29.1 Å². The zero-order valence-corrected chi connectivity index (χ0v) is 13.3. The fraction of sp³-hybridized carbons (Fsp3) is 0.353. The molecular weight excluding hydrogens is 319 g/mol. The molecule has 2 aromatic rings. The summed E-state index contributed by atoms with van der Waals surface area (Å²) in [4.78, 5) is 4.45. The summed E-state index contributed by atoms with van der Waals surface area (Å²) in [5.41, 5.74) is 1.22. The molecule has 2 N–H and O–H groups in total. The highest BCUT2D eigenvalue weighted by Crippen LogP contribution is 2.26. The number of aliphatic hydroxyl groups is 1. The normalized spacial score (nSPS) is 21.2. The van der Waals surface area contributed by atoms with Crippen molar-refractivity contribution in [2.75, 3.05) is 13.1 Å². The maximum absolute atomic E-state index is 13.7. The Morgan fingerprint density at radius 1 is 1.35 bits per heavy atom. The number of hydrogen-bond acceptors (Lipinski definition) is 4. The lowest BCUT2D eigenvalue weighted by atomic mass is 9.91. The molecule has 1 aliphatic heterocycles. The minimum Gasteiger partial charge on any atom is -0.473 e. The molecule has 0 aliphatic carbocycles. The number of benzene rings is 1. The molecule has 0 amide bonds. The number of β-amino-alcohol motifs (C(OH)–C–C–N with tert-alkyl or cyclic N) is 1. The van der Waals surface area contributed by atoms with Gasteiger partial charge in [-0.3, -0.25) is 0 Å². The first-order valence-corrected chi connectivity index (χ1v) is 7.94. The molecule has 0 radical (unpaired) electrons. The van der Waals surface area contributed by atoms with Gasteiger partial charge in [-0.15, -0.1) is 0 Å². The van der Waals surface area contributed by atoms with Crippen molar-refractivity contribution >= 4 is 11.6 Å². The van der Waals surface area contributed by atoms with Gasteiger partial charge >= 0.3 is 0 Å². The molecule has 6 heteroatoms. The van der Waals surface area contributed by atoms with Gasteiger partial charge < -0.3 is 15.2 Å². The molecule has 2 atom stereocenters. The zero-order chi connectivity index (χ0) is 16.2. The number of halogens is 2. The number of hydrogen-bond donors (Lipinski definition) is 2. The molecule has 1 aromatic carbocycles. The van der Waals surface area contributed by atoms with E-state index in [2.05, 4.69) is 10.3 Å². The van der Waals surface area contributed by atoms with Gasteiger partial charge in [0.25, 0.3) is 0 Å². The van der Waals surface area contributed by atoms with Gasteiger partial charge in [-0.05, 0) is 31.2 Å². The largest absolute Gasteiger partial charge is 0.473 e. The third kappa shape index (κ3) is 3.99. The van der Waals surface area contributed by atoms with Crippen LogP contribution in [0, 0.1) is 5.82 Å². The van der Waals surface area contributed by atoms with Crippen molar-refractivity contribution in [2.24, 2.45) is 0 Å². The third-order valence-corrected chi connectivity index (χ3v) is 4.20. The molecule has 0 saturated carbocycles. The van der Waals surface area contributed by atoms with Crippen molar-refractivity contribution in [3.8, 4) is 5.88 Å². The van der Waals surface area contributed by atoms with Gasteiger partial charge in [0.2, 0.25) is 5.88 Å². The van der Waals surface area contributed by atoms with Gasteiger partial charge in [0.15, 0.2) is 0 Å². The summed E-state index contributed by atoms with van der Waals surface area (Å²) in [6.07, 6.45) is 0.365. The summed E-state index contributed by atoms with van der Waals surface area (Å²) in [7, 11) is 0. The molecule has 3 rings (SSSR count). The van der Waals surface area contributed by atoms with Gasteiger partial charge in [-0.25, -0.2) is 9.37 Å². The molecule has 1 aliphatic rings. The Kier molecular flexibility index (Phi) is 5.10. The number of rotatable bonds is 4. The third-order valence-electron chi connectivity index (χ3n) is 3.97. The summed E-state index contributed by atoms with van der Waals surface area (Å²) in [5.74, 6) is 0.0112. The van der Waals surface area contributed by atoms with Crippen LogP contribution >= 0.6 is 11.6 Å². The fourth-order valence-corrected chi connectivity index (χ4v) is 2.85. The van der Waals surface area contributed by atoms with Crippen LogP contribution < -0.4 is 10.1 Å². The number of aromatic nitrogens is 1. The van der Waals surface area contributed by atoms with Gasteiger partial charge in [0.1, 0.15) is 12.4 Å². The van der Waals surface area contributed by atoms with Crippen LogP contribution in [0.3, 0.4) is 0 Å². The van der Waals surface area contributed by atoms with Crippen molar-refractivity contribution in [1.29, 1.82) is 0 Å². The molecule has 122 valence electrons. The highest BCUT2D eigenvalue weighted by Gasteiger charge is 2.25. The van der Waals surface area contributed by atoms with Crippen LogP contribution in [-0.2, 0) is 6.61 Å². The molecule has 0 bridgehead atoms. The van der Waals surface area contributed by atoms with E-state index in [-0.39, 0.29) is 12.5 Å². The van der Waals surface area contributed by atoms with E-state index in [1.165, 1.54) is 6.07 Å². The lowest BCUT2D eigenvalue weighted by Gasteiger charge is -2.28. The predicted octanol–water partition coefficient (Wildman–Crippen LogP) is 2.89. The Labute approximate surface area is 139 Å². The van der Waals surface area contributed by atoms with E-state index < -0.39 is 11.9 Å². The monoisotopic (exact) mass is 336 g/mol. The number of ether oxygens (including phenoxy) is 1. The smallest absolute Gasteiger partial charge is 0.213 e. The van der Waals surface area contributed by atoms with Crippen molar-refractivity contribution in [1.82, 2.24) is 10.3 Å². The lowest BCUT2D eigenvalue weighted by Crippen LogP contribution is -2.39. The Hall–Kier alpha value is -1.69. The standard InChI is InChI=1S/C17H18ClFN2O2/c18-12-5-4-11(14(19)8-12)10-23-17-3-1-2-15(21-17)13-6-7-20-9-16(13)22/h1-5,8,13,16,20,22H,6-7,9-10H2. The zero-order valence-electron chi connectivity index (χ0n) is 12.5. The summed E-state index contributed by atoms with van der Waals surface area (Å²) >= 11 is 5.73. The fourth-order valence-electron chi connectivity index (χ4n) is 2.70. The number of aliphatic hydroxyl groups excluding tert-OH is 1. The Morgan fingerprint density at radius 2 is 2.22 bits per heavy atom. The number of piperidine rings is 1. The molecule has 23 heavy (non-hydrogen) atoms. The maximum Gasteiger partial charge on any atom is 0.213 e. The van der Waals surface area contributed by atoms with Crippen molar-refractivity contribution in [3.05, 3.63) is 58.5 Å². The van der Waals surface area contributed by atoms with Crippen molar-refractivity contribution in [3.63, 3.8) is 0 Å². The Bertz CT molecular complexity index is 683. The van der Waals surface area contributed by atoms with E-state index >= 15 is 0 Å². The van der Waals surface area contributed by atoms with Gasteiger partial charge in [-0.1, -0.05) is 23.7 Å². The summed E-state index contributed by atoms with van der Waals surface area (Å²) in [6, 6.07) is 9.93. The van der Waals surface area contributed by atoms with E-state index in [0.717, 1.165) is 18.7 Å². The second-order valence-electron chi connectivity index (χ2n) is 5.59. The van der Waals surface area contributed by atoms with Crippen LogP contribution in [-0.4, -0.2) is 29.3 Å². The van der Waals surface area contributed by atoms with Crippen LogP contribution in [0.15, 0.2) is 36.4 Å². The molecule has 1 saturated heterocycles. The molecule has 4 nitrogen and oxygen atoms in total. The highest BCUT2D eigenvalue weighted by atomic mass is 35.5. The van der Waals surface area contributed by atoms with Crippen LogP contribution in [0.5, 0.6) is 5.88 Å². The van der Waals surface area contributed by atoms with Crippen molar-refractivity contribution < 1.29 is 14.2 Å². The Balaban J connectivity index is 1.70. The molecule has 0 spiro atoms. The molecule has 2 unspecified atom stereocenters. The lowest BCUT2D eigenvalue weighted by molar-refractivity contribution is 0.116. The minimum absolute atomic E-state index is 0.00734. The van der Waals surface area contributed by atoms with Gasteiger partial charge in [-0.2, -0.15) is 0 Å². The molecular formula is C17H18ClFN2O2. The quantitative estimate of drug-likeness (QED) is 0.901. The summed E-state index contributed by atoms with van der Waals surface area (Å²) in [6.45, 7) is 1.49. The summed E-state index contributed by atoms with van der Waals surface area (Å²) in [5, 5.41) is 13.6. The SMILES string of the molecule is OC1CNCCC1c1cccc(OCc2ccc(Cl)cc2F)n1. The highest BCUT2D eigenvalue weighted by molar-refractivity contribution is 6.30. The van der Waals surface area contributed by atoms with Crippen molar-refractivity contribution in [2.45, 2.75) is 25.0 Å². The number of pyridine rings is 1. The van der Waals surface area contributed by atoms with Crippen LogP contribution in [0.1, 0.15) is 23.6 Å². The summed E-state index contributed by atoms with van der Waals surface area (Å²) < 4.78 is 19.3. The van der Waals surface area contributed by atoms with Crippen LogP contribution in [0.2, 0.25) is 5.02 Å². The maximum atomic E-state index is 13.7. The second kappa shape index (κ2) is 7.25. The van der Waals surface area contributed by atoms with Crippen LogP contribution in [0.25, 0.3) is 0 Å².